The minimum atomic E-state index is -0.391. The maximum absolute atomic E-state index is 12.3. The van der Waals surface area contributed by atoms with Crippen molar-refractivity contribution in [2.75, 3.05) is 44.3 Å². The number of aromatic nitrogens is 4. The van der Waals surface area contributed by atoms with Gasteiger partial charge in [-0.1, -0.05) is 0 Å². The second-order valence-corrected chi connectivity index (χ2v) is 7.76. The lowest BCUT2D eigenvalue weighted by molar-refractivity contribution is -0.169. The number of carbonyl (C=O) groups excluding carboxylic acids is 1. The molecule has 0 unspecified atom stereocenters. The maximum Gasteiger partial charge on any atom is 0.223 e. The first kappa shape index (κ1) is 17.8. The number of rotatable bonds is 4. The number of nitrogens with zero attached hydrogens (tertiary/aromatic N) is 6. The van der Waals surface area contributed by atoms with Gasteiger partial charge in [-0.05, 0) is 25.0 Å². The van der Waals surface area contributed by atoms with E-state index >= 15 is 0 Å². The molecule has 2 aromatic heterocycles. The lowest BCUT2D eigenvalue weighted by Crippen LogP contribution is -2.45. The summed E-state index contributed by atoms with van der Waals surface area (Å²) in [5.74, 6) is 1.44. The van der Waals surface area contributed by atoms with Crippen LogP contribution in [0, 0.1) is 0 Å². The summed E-state index contributed by atoms with van der Waals surface area (Å²) in [4.78, 5) is 16.5. The summed E-state index contributed by atoms with van der Waals surface area (Å²) in [5.41, 5.74) is 0.711. The molecule has 0 radical (unpaired) electrons. The number of hydrogen-bond acceptors (Lipinski definition) is 7. The third-order valence-electron chi connectivity index (χ3n) is 6.00. The van der Waals surface area contributed by atoms with Gasteiger partial charge >= 0.3 is 0 Å². The van der Waals surface area contributed by atoms with Gasteiger partial charge in [-0.25, -0.2) is 0 Å². The molecule has 1 amide bonds. The maximum atomic E-state index is 12.3. The summed E-state index contributed by atoms with van der Waals surface area (Å²) in [6, 6.07) is 3.92. The van der Waals surface area contributed by atoms with Crippen molar-refractivity contribution in [3.63, 3.8) is 0 Å². The van der Waals surface area contributed by atoms with Gasteiger partial charge in [0.2, 0.25) is 5.91 Å². The van der Waals surface area contributed by atoms with E-state index < -0.39 is 5.79 Å². The molecular weight excluding hydrogens is 360 g/mol. The number of aryl methyl sites for hydroxylation is 1. The molecule has 0 aromatic carbocycles. The van der Waals surface area contributed by atoms with Crippen molar-refractivity contribution < 1.29 is 14.3 Å². The molecule has 0 aliphatic carbocycles. The molecular formula is C19H26N6O3. The molecule has 5 heterocycles. The van der Waals surface area contributed by atoms with Crippen LogP contribution in [0.2, 0.25) is 0 Å². The highest BCUT2D eigenvalue weighted by Crippen LogP contribution is 2.32. The van der Waals surface area contributed by atoms with Crippen LogP contribution in [0.5, 0.6) is 0 Å². The number of fused-ring (bicyclic) bond motifs is 1. The van der Waals surface area contributed by atoms with E-state index in [0.717, 1.165) is 63.5 Å². The van der Waals surface area contributed by atoms with Crippen molar-refractivity contribution in [3.8, 4) is 0 Å². The Bertz CT molecular complexity index is 846. The monoisotopic (exact) mass is 386 g/mol. The minimum absolute atomic E-state index is 0.197. The highest BCUT2D eigenvalue weighted by Gasteiger charge is 2.40. The first-order valence-electron chi connectivity index (χ1n) is 10.2. The normalized spacial score (nSPS) is 21.9. The van der Waals surface area contributed by atoms with E-state index in [1.807, 2.05) is 17.0 Å². The van der Waals surface area contributed by atoms with E-state index in [1.54, 1.807) is 4.52 Å². The predicted octanol–water partition coefficient (Wildman–Crippen LogP) is 1.02. The second kappa shape index (κ2) is 7.29. The van der Waals surface area contributed by atoms with Crippen LogP contribution in [0.1, 0.15) is 37.9 Å². The highest BCUT2D eigenvalue weighted by atomic mass is 16.7. The number of anilines is 1. The SMILES string of the molecule is O=C(CCc1nnc2ccc(N3CCC4(CC3)OCCO4)nn12)N1CCCC1. The Labute approximate surface area is 163 Å². The molecule has 3 fully saturated rings. The molecule has 9 nitrogen and oxygen atoms in total. The van der Waals surface area contributed by atoms with Gasteiger partial charge in [-0.3, -0.25) is 4.79 Å². The Morgan fingerprint density at radius 2 is 1.79 bits per heavy atom. The molecule has 5 rings (SSSR count). The van der Waals surface area contributed by atoms with Crippen LogP contribution in [-0.2, 0) is 20.7 Å². The van der Waals surface area contributed by atoms with Crippen molar-refractivity contribution in [2.24, 2.45) is 0 Å². The molecule has 2 aromatic rings. The second-order valence-electron chi connectivity index (χ2n) is 7.76. The minimum Gasteiger partial charge on any atom is -0.355 e. The van der Waals surface area contributed by atoms with Crippen molar-refractivity contribution in [2.45, 2.75) is 44.3 Å². The van der Waals surface area contributed by atoms with E-state index in [0.29, 0.717) is 31.7 Å². The van der Waals surface area contributed by atoms with Gasteiger partial charge in [-0.2, -0.15) is 4.52 Å². The Morgan fingerprint density at radius 3 is 2.54 bits per heavy atom. The van der Waals surface area contributed by atoms with Gasteiger partial charge in [-0.15, -0.1) is 15.3 Å². The van der Waals surface area contributed by atoms with Crippen LogP contribution in [0.4, 0.5) is 5.82 Å². The van der Waals surface area contributed by atoms with Gasteiger partial charge in [0.05, 0.1) is 13.2 Å². The molecule has 3 aliphatic rings. The first-order chi connectivity index (χ1) is 13.7. The molecule has 28 heavy (non-hydrogen) atoms. The van der Waals surface area contributed by atoms with E-state index in [1.165, 1.54) is 0 Å². The summed E-state index contributed by atoms with van der Waals surface area (Å²) >= 11 is 0. The summed E-state index contributed by atoms with van der Waals surface area (Å²) in [7, 11) is 0. The average molecular weight is 386 g/mol. The molecule has 0 N–H and O–H groups in total. The number of hydrogen-bond donors (Lipinski definition) is 0. The Kier molecular flexibility index (Phi) is 4.64. The molecule has 3 saturated heterocycles. The Balaban J connectivity index is 1.27. The van der Waals surface area contributed by atoms with Crippen LogP contribution < -0.4 is 4.90 Å². The Hall–Kier alpha value is -2.26. The molecule has 3 aliphatic heterocycles. The quantitative estimate of drug-likeness (QED) is 0.776. The zero-order chi connectivity index (χ0) is 19.0. The number of carbonyl (C=O) groups is 1. The van der Waals surface area contributed by atoms with Crippen LogP contribution in [0.25, 0.3) is 5.65 Å². The summed E-state index contributed by atoms with van der Waals surface area (Å²) in [6.07, 6.45) is 4.90. The molecule has 1 spiro atoms. The van der Waals surface area contributed by atoms with Crippen molar-refractivity contribution in [3.05, 3.63) is 18.0 Å². The van der Waals surface area contributed by atoms with Crippen LogP contribution in [-0.4, -0.2) is 75.8 Å². The largest absolute Gasteiger partial charge is 0.355 e. The first-order valence-corrected chi connectivity index (χ1v) is 10.2. The van der Waals surface area contributed by atoms with E-state index in [9.17, 15) is 4.79 Å². The summed E-state index contributed by atoms with van der Waals surface area (Å²) < 4.78 is 13.4. The number of amides is 1. The van der Waals surface area contributed by atoms with Crippen molar-refractivity contribution >= 4 is 17.4 Å². The van der Waals surface area contributed by atoms with Crippen LogP contribution >= 0.6 is 0 Å². The number of piperidine rings is 1. The standard InChI is InChI=1S/C19H26N6O3/c26-18(24-9-1-2-10-24)6-5-16-21-20-15-3-4-17(22-25(15)16)23-11-7-19(8-12-23)27-13-14-28-19/h3-4H,1-2,5-14H2. The Morgan fingerprint density at radius 1 is 1.04 bits per heavy atom. The van der Waals surface area contributed by atoms with E-state index in [2.05, 4.69) is 15.1 Å². The fourth-order valence-corrected chi connectivity index (χ4v) is 4.35. The summed E-state index contributed by atoms with van der Waals surface area (Å²) in [5, 5.41) is 13.2. The molecule has 150 valence electrons. The molecule has 0 saturated carbocycles. The third-order valence-corrected chi connectivity index (χ3v) is 6.00. The van der Waals surface area contributed by atoms with Crippen LogP contribution in [0.3, 0.4) is 0 Å². The van der Waals surface area contributed by atoms with Crippen LogP contribution in [0.15, 0.2) is 12.1 Å². The van der Waals surface area contributed by atoms with Gasteiger partial charge in [0, 0.05) is 51.9 Å². The third kappa shape index (κ3) is 3.33. The van der Waals surface area contributed by atoms with Crippen molar-refractivity contribution in [1.29, 1.82) is 0 Å². The fourth-order valence-electron chi connectivity index (χ4n) is 4.35. The van der Waals surface area contributed by atoms with Gasteiger partial charge < -0.3 is 19.3 Å². The lowest BCUT2D eigenvalue weighted by atomic mass is 10.0. The highest BCUT2D eigenvalue weighted by molar-refractivity contribution is 5.76. The number of likely N-dealkylation sites (tertiary alicyclic amines) is 1. The van der Waals surface area contributed by atoms with Gasteiger partial charge in [0.15, 0.2) is 17.3 Å². The number of ether oxygens (including phenoxy) is 2. The van der Waals surface area contributed by atoms with Gasteiger partial charge in [0.1, 0.15) is 5.82 Å². The lowest BCUT2D eigenvalue weighted by Gasteiger charge is -2.38. The topological polar surface area (TPSA) is 85.1 Å². The smallest absolute Gasteiger partial charge is 0.223 e. The molecule has 9 heteroatoms. The summed E-state index contributed by atoms with van der Waals surface area (Å²) in [6.45, 7) is 4.80. The average Bonchev–Trinajstić information content (AvgIpc) is 3.48. The van der Waals surface area contributed by atoms with E-state index in [4.69, 9.17) is 14.6 Å². The predicted molar refractivity (Wildman–Crippen MR) is 101 cm³/mol. The van der Waals surface area contributed by atoms with E-state index in [-0.39, 0.29) is 5.91 Å². The van der Waals surface area contributed by atoms with Gasteiger partial charge in [0.25, 0.3) is 0 Å². The fraction of sp³-hybridized carbons (Fsp3) is 0.684. The zero-order valence-electron chi connectivity index (χ0n) is 16.0. The molecule has 0 bridgehead atoms. The zero-order valence-corrected chi connectivity index (χ0v) is 16.0. The van der Waals surface area contributed by atoms with Crippen molar-refractivity contribution in [1.82, 2.24) is 24.7 Å². The molecule has 0 atom stereocenters.